The lowest BCUT2D eigenvalue weighted by atomic mass is 9.87. The van der Waals surface area contributed by atoms with Crippen LogP contribution in [-0.4, -0.2) is 68.3 Å². The van der Waals surface area contributed by atoms with Crippen molar-refractivity contribution in [1.29, 1.82) is 0 Å². The Morgan fingerprint density at radius 3 is 2.78 bits per heavy atom. The highest BCUT2D eigenvalue weighted by atomic mass is 19.1. The summed E-state index contributed by atoms with van der Waals surface area (Å²) < 4.78 is 26.6. The Labute approximate surface area is 189 Å². The van der Waals surface area contributed by atoms with Crippen molar-refractivity contribution < 1.29 is 18.7 Å². The number of amides is 1. The van der Waals surface area contributed by atoms with Gasteiger partial charge in [0.05, 0.1) is 31.3 Å². The van der Waals surface area contributed by atoms with E-state index in [1.54, 1.807) is 31.1 Å². The van der Waals surface area contributed by atoms with Crippen molar-refractivity contribution in [1.82, 2.24) is 9.80 Å². The van der Waals surface area contributed by atoms with E-state index >= 15 is 0 Å². The van der Waals surface area contributed by atoms with Gasteiger partial charge in [0.15, 0.2) is 0 Å². The van der Waals surface area contributed by atoms with Crippen LogP contribution in [0.4, 0.5) is 4.39 Å². The molecule has 0 bridgehead atoms. The molecule has 4 atom stereocenters. The molecule has 1 amide bonds. The molecule has 2 aromatic rings. The van der Waals surface area contributed by atoms with Crippen LogP contribution in [0.2, 0.25) is 0 Å². The minimum atomic E-state index is -0.206. The number of carbonyl (C=O) groups is 1. The summed E-state index contributed by atoms with van der Waals surface area (Å²) in [7, 11) is 3.55. The van der Waals surface area contributed by atoms with E-state index in [1.807, 2.05) is 6.07 Å². The molecule has 32 heavy (non-hydrogen) atoms. The lowest BCUT2D eigenvalue weighted by molar-refractivity contribution is -0.134. The Balaban J connectivity index is 1.33. The van der Waals surface area contributed by atoms with Gasteiger partial charge in [-0.1, -0.05) is 30.3 Å². The van der Waals surface area contributed by atoms with E-state index in [0.29, 0.717) is 13.0 Å². The second kappa shape index (κ2) is 8.93. The molecule has 2 fully saturated rings. The molecule has 0 saturated carbocycles. The van der Waals surface area contributed by atoms with Crippen molar-refractivity contribution in [2.75, 3.05) is 40.3 Å². The van der Waals surface area contributed by atoms with Gasteiger partial charge in [-0.25, -0.2) is 4.39 Å². The number of benzene rings is 2. The predicted molar refractivity (Wildman–Crippen MR) is 120 cm³/mol. The average Bonchev–Trinajstić information content (AvgIpc) is 3.13. The molecule has 0 aromatic heterocycles. The fraction of sp³-hybridized carbons (Fsp3) is 0.500. The first-order valence-electron chi connectivity index (χ1n) is 11.5. The molecular weight excluding hydrogens is 407 g/mol. The number of morpholine rings is 1. The van der Waals surface area contributed by atoms with E-state index in [9.17, 15) is 9.18 Å². The minimum absolute atomic E-state index is 0.0653. The highest BCUT2D eigenvalue weighted by Crippen LogP contribution is 2.49. The van der Waals surface area contributed by atoms with E-state index < -0.39 is 0 Å². The fourth-order valence-electron chi connectivity index (χ4n) is 5.45. The van der Waals surface area contributed by atoms with Crippen molar-refractivity contribution in [3.63, 3.8) is 0 Å². The Hall–Kier alpha value is -2.28. The van der Waals surface area contributed by atoms with E-state index in [2.05, 4.69) is 29.2 Å². The lowest BCUT2D eigenvalue weighted by Gasteiger charge is -2.34. The summed E-state index contributed by atoms with van der Waals surface area (Å²) in [6, 6.07) is 13.7. The van der Waals surface area contributed by atoms with Crippen LogP contribution in [0.25, 0.3) is 0 Å². The Morgan fingerprint density at radius 2 is 1.94 bits per heavy atom. The summed E-state index contributed by atoms with van der Waals surface area (Å²) in [6.07, 6.45) is 1.99. The monoisotopic (exact) mass is 438 g/mol. The number of fused-ring (bicyclic) bond motifs is 5. The maximum atomic E-state index is 14.2. The number of halogens is 1. The molecule has 2 aliphatic heterocycles. The van der Waals surface area contributed by atoms with Crippen LogP contribution in [0, 0.1) is 5.82 Å². The standard InChI is InChI=1S/C26H31FN2O3/c1-28(2)25(30)14-20-15-29(9-10-31-20)16-21-13-24-22-6-4-3-5-17(22)11-18-7-8-19(27)12-23(18)26(24)32-21/h3-8,12,20-21,24,26H,9-11,13-16H2,1-2H3/t20?,21-,24-,26+/m1/s1. The van der Waals surface area contributed by atoms with E-state index in [4.69, 9.17) is 9.47 Å². The molecule has 6 heteroatoms. The van der Waals surface area contributed by atoms with Crippen molar-refractivity contribution in [3.8, 4) is 0 Å². The molecule has 2 saturated heterocycles. The summed E-state index contributed by atoms with van der Waals surface area (Å²) in [5, 5.41) is 0. The van der Waals surface area contributed by atoms with E-state index in [1.165, 1.54) is 11.1 Å². The maximum absolute atomic E-state index is 14.2. The van der Waals surface area contributed by atoms with Gasteiger partial charge in [0, 0.05) is 39.6 Å². The molecular formula is C26H31FN2O3. The zero-order valence-corrected chi connectivity index (χ0v) is 18.8. The normalized spacial score (nSPS) is 27.2. The van der Waals surface area contributed by atoms with Crippen LogP contribution in [0.5, 0.6) is 0 Å². The molecule has 1 aliphatic carbocycles. The smallest absolute Gasteiger partial charge is 0.224 e. The molecule has 0 N–H and O–H groups in total. The maximum Gasteiger partial charge on any atom is 0.224 e. The van der Waals surface area contributed by atoms with Gasteiger partial charge in [0.2, 0.25) is 5.91 Å². The van der Waals surface area contributed by atoms with Crippen molar-refractivity contribution in [2.45, 2.75) is 43.5 Å². The first kappa shape index (κ1) is 21.6. The fourth-order valence-corrected chi connectivity index (χ4v) is 5.45. The third-order valence-corrected chi connectivity index (χ3v) is 7.06. The summed E-state index contributed by atoms with van der Waals surface area (Å²) in [5.74, 6) is 0.111. The van der Waals surface area contributed by atoms with Crippen LogP contribution in [0.15, 0.2) is 42.5 Å². The number of nitrogens with zero attached hydrogens (tertiary/aromatic N) is 2. The predicted octanol–water partition coefficient (Wildman–Crippen LogP) is 3.52. The highest BCUT2D eigenvalue weighted by molar-refractivity contribution is 5.76. The van der Waals surface area contributed by atoms with Gasteiger partial charge >= 0.3 is 0 Å². The van der Waals surface area contributed by atoms with Gasteiger partial charge in [-0.3, -0.25) is 9.69 Å². The zero-order valence-electron chi connectivity index (χ0n) is 18.8. The first-order valence-corrected chi connectivity index (χ1v) is 11.5. The summed E-state index contributed by atoms with van der Waals surface area (Å²) in [4.78, 5) is 16.1. The van der Waals surface area contributed by atoms with Crippen LogP contribution in [0.3, 0.4) is 0 Å². The lowest BCUT2D eigenvalue weighted by Crippen LogP contribution is -2.46. The van der Waals surface area contributed by atoms with Gasteiger partial charge in [-0.2, -0.15) is 0 Å². The van der Waals surface area contributed by atoms with Crippen LogP contribution < -0.4 is 0 Å². The molecule has 170 valence electrons. The minimum Gasteiger partial charge on any atom is -0.375 e. The molecule has 0 radical (unpaired) electrons. The third-order valence-electron chi connectivity index (χ3n) is 7.06. The SMILES string of the molecule is CN(C)C(=O)CC1CN(C[C@H]2C[C@@H]3c4ccccc4Cc4ccc(F)cc4[C@@H]3O2)CCO1. The second-order valence-electron chi connectivity index (χ2n) is 9.48. The largest absolute Gasteiger partial charge is 0.375 e. The topological polar surface area (TPSA) is 42.0 Å². The quantitative estimate of drug-likeness (QED) is 0.733. The molecule has 5 rings (SSSR count). The Kier molecular flexibility index (Phi) is 6.01. The molecule has 2 aromatic carbocycles. The van der Waals surface area contributed by atoms with Gasteiger partial charge in [-0.05, 0) is 47.2 Å². The van der Waals surface area contributed by atoms with Crippen LogP contribution in [0.1, 0.15) is 47.1 Å². The van der Waals surface area contributed by atoms with Crippen molar-refractivity contribution in [3.05, 3.63) is 70.5 Å². The highest BCUT2D eigenvalue weighted by Gasteiger charge is 2.41. The first-order chi connectivity index (χ1) is 15.5. The molecule has 3 aliphatic rings. The van der Waals surface area contributed by atoms with Gasteiger partial charge in [0.25, 0.3) is 0 Å². The van der Waals surface area contributed by atoms with Gasteiger partial charge < -0.3 is 14.4 Å². The summed E-state index contributed by atoms with van der Waals surface area (Å²) in [6.45, 7) is 3.00. The van der Waals surface area contributed by atoms with Gasteiger partial charge in [-0.15, -0.1) is 0 Å². The molecule has 0 spiro atoms. The summed E-state index contributed by atoms with van der Waals surface area (Å²) in [5.41, 5.74) is 4.78. The Morgan fingerprint density at radius 1 is 1.12 bits per heavy atom. The number of hydrogen-bond acceptors (Lipinski definition) is 4. The molecule has 5 nitrogen and oxygen atoms in total. The number of hydrogen-bond donors (Lipinski definition) is 0. The third kappa shape index (κ3) is 4.32. The summed E-state index contributed by atoms with van der Waals surface area (Å²) >= 11 is 0. The zero-order chi connectivity index (χ0) is 22.2. The van der Waals surface area contributed by atoms with Crippen molar-refractivity contribution in [2.24, 2.45) is 0 Å². The van der Waals surface area contributed by atoms with E-state index in [-0.39, 0.29) is 36.0 Å². The second-order valence-corrected chi connectivity index (χ2v) is 9.48. The van der Waals surface area contributed by atoms with Crippen LogP contribution >= 0.6 is 0 Å². The number of rotatable bonds is 4. The Bertz CT molecular complexity index is 995. The average molecular weight is 439 g/mol. The molecule has 2 heterocycles. The van der Waals surface area contributed by atoms with Crippen molar-refractivity contribution >= 4 is 5.91 Å². The van der Waals surface area contributed by atoms with Gasteiger partial charge in [0.1, 0.15) is 5.82 Å². The molecule has 1 unspecified atom stereocenters. The van der Waals surface area contributed by atoms with E-state index in [0.717, 1.165) is 43.6 Å². The van der Waals surface area contributed by atoms with Crippen LogP contribution in [-0.2, 0) is 20.7 Å². The number of ether oxygens (including phenoxy) is 2. The number of carbonyl (C=O) groups excluding carboxylic acids is 1.